The quantitative estimate of drug-likeness (QED) is 0.239. The van der Waals surface area contributed by atoms with Crippen molar-refractivity contribution in [2.24, 2.45) is 0 Å². The van der Waals surface area contributed by atoms with Crippen LogP contribution in [0.4, 0.5) is 0 Å². The van der Waals surface area contributed by atoms with Gasteiger partial charge in [0.2, 0.25) is 0 Å². The van der Waals surface area contributed by atoms with Crippen LogP contribution in [-0.4, -0.2) is 80.8 Å². The third-order valence-corrected chi connectivity index (χ3v) is 6.29. The molecule has 0 aliphatic rings. The number of aliphatic hydroxyl groups is 4. The molecular formula is C12H26O10S2. The molecule has 0 radical (unpaired) electrons. The second-order valence-electron chi connectivity index (χ2n) is 6.71. The molecule has 0 aromatic rings. The van der Waals surface area contributed by atoms with Crippen molar-refractivity contribution in [3.05, 3.63) is 0 Å². The first-order chi connectivity index (χ1) is 10.4. The molecule has 0 aliphatic carbocycles. The van der Waals surface area contributed by atoms with Crippen molar-refractivity contribution in [3.8, 4) is 0 Å². The first-order valence-electron chi connectivity index (χ1n) is 7.08. The van der Waals surface area contributed by atoms with Gasteiger partial charge in [-0.3, -0.25) is 9.11 Å². The maximum atomic E-state index is 11.5. The van der Waals surface area contributed by atoms with Crippen molar-refractivity contribution >= 4 is 20.2 Å². The first kappa shape index (κ1) is 23.7. The Labute approximate surface area is 141 Å². The SMILES string of the molecule is CC(C)(O)CC(C(C)(O)CC(O)C(CCO)S(=O)(=O)O)S(=O)(=O)O. The summed E-state index contributed by atoms with van der Waals surface area (Å²) in [6.45, 7) is 2.74. The monoisotopic (exact) mass is 394 g/mol. The summed E-state index contributed by atoms with van der Waals surface area (Å²) in [5.74, 6) is 0. The molecule has 0 saturated carbocycles. The second kappa shape index (κ2) is 7.91. The number of aliphatic hydroxyl groups excluding tert-OH is 2. The highest BCUT2D eigenvalue weighted by Gasteiger charge is 2.46. The third kappa shape index (κ3) is 7.70. The molecule has 0 bridgehead atoms. The van der Waals surface area contributed by atoms with Crippen molar-refractivity contribution in [2.75, 3.05) is 6.61 Å². The predicted octanol–water partition coefficient (Wildman–Crippen LogP) is -1.46. The number of hydrogen-bond acceptors (Lipinski definition) is 8. The van der Waals surface area contributed by atoms with Gasteiger partial charge in [-0.15, -0.1) is 0 Å². The summed E-state index contributed by atoms with van der Waals surface area (Å²) in [5.41, 5.74) is -3.92. The third-order valence-electron chi connectivity index (χ3n) is 3.59. The second-order valence-corrected chi connectivity index (χ2v) is 9.95. The maximum absolute atomic E-state index is 11.5. The van der Waals surface area contributed by atoms with Gasteiger partial charge in [0.05, 0.1) is 17.3 Å². The zero-order valence-corrected chi connectivity index (χ0v) is 15.3. The van der Waals surface area contributed by atoms with E-state index in [0.29, 0.717) is 0 Å². The van der Waals surface area contributed by atoms with Crippen LogP contribution >= 0.6 is 0 Å². The van der Waals surface area contributed by atoms with Crippen molar-refractivity contribution in [1.29, 1.82) is 0 Å². The molecule has 0 aliphatic heterocycles. The van der Waals surface area contributed by atoms with E-state index in [1.807, 2.05) is 0 Å². The molecule has 0 rings (SSSR count). The Morgan fingerprint density at radius 3 is 1.67 bits per heavy atom. The van der Waals surface area contributed by atoms with Crippen LogP contribution in [-0.2, 0) is 20.2 Å². The standard InChI is InChI=1S/C12H26O10S2/c1-11(2,15)7-10(24(20,21)22)12(3,16)6-8(14)9(4-5-13)23(17,18)19/h8-10,13-16H,4-7H2,1-3H3,(H,17,18,19)(H,20,21,22). The molecule has 0 heterocycles. The van der Waals surface area contributed by atoms with E-state index in [1.54, 1.807) is 0 Å². The van der Waals surface area contributed by atoms with E-state index in [1.165, 1.54) is 13.8 Å². The first-order valence-corrected chi connectivity index (χ1v) is 10.1. The molecule has 24 heavy (non-hydrogen) atoms. The molecule has 4 atom stereocenters. The number of rotatable bonds is 10. The number of hydrogen-bond donors (Lipinski definition) is 6. The van der Waals surface area contributed by atoms with Gasteiger partial charge in [0, 0.05) is 13.0 Å². The van der Waals surface area contributed by atoms with Gasteiger partial charge in [-0.25, -0.2) is 0 Å². The zero-order valence-electron chi connectivity index (χ0n) is 13.7. The molecule has 0 aromatic carbocycles. The molecule has 0 amide bonds. The lowest BCUT2D eigenvalue weighted by Gasteiger charge is -2.36. The van der Waals surface area contributed by atoms with Crippen LogP contribution in [0.5, 0.6) is 0 Å². The minimum atomic E-state index is -4.86. The lowest BCUT2D eigenvalue weighted by atomic mass is 9.87. The fraction of sp³-hybridized carbons (Fsp3) is 1.00. The smallest absolute Gasteiger partial charge is 0.270 e. The van der Waals surface area contributed by atoms with E-state index < -0.39 is 73.9 Å². The molecule has 0 spiro atoms. The van der Waals surface area contributed by atoms with Crippen LogP contribution < -0.4 is 0 Å². The highest BCUT2D eigenvalue weighted by Crippen LogP contribution is 2.31. The molecule has 6 N–H and O–H groups in total. The Morgan fingerprint density at radius 2 is 1.38 bits per heavy atom. The summed E-state index contributed by atoms with van der Waals surface area (Å²) in [6, 6.07) is 0. The van der Waals surface area contributed by atoms with Crippen LogP contribution in [0, 0.1) is 0 Å². The Balaban J connectivity index is 5.60. The van der Waals surface area contributed by atoms with Crippen LogP contribution in [0.2, 0.25) is 0 Å². The van der Waals surface area contributed by atoms with Gasteiger partial charge < -0.3 is 20.4 Å². The normalized spacial score (nSPS) is 20.2. The van der Waals surface area contributed by atoms with Gasteiger partial charge in [0.15, 0.2) is 0 Å². The topological polar surface area (TPSA) is 190 Å². The molecular weight excluding hydrogens is 368 g/mol. The summed E-state index contributed by atoms with van der Waals surface area (Å²) < 4.78 is 63.9. The maximum Gasteiger partial charge on any atom is 0.270 e. The van der Waals surface area contributed by atoms with Crippen molar-refractivity contribution in [1.82, 2.24) is 0 Å². The molecule has 0 fully saturated rings. The van der Waals surface area contributed by atoms with Gasteiger partial charge >= 0.3 is 0 Å². The zero-order chi connectivity index (χ0) is 19.6. The fourth-order valence-corrected chi connectivity index (χ4v) is 4.71. The highest BCUT2D eigenvalue weighted by molar-refractivity contribution is 7.86. The van der Waals surface area contributed by atoms with Gasteiger partial charge in [-0.2, -0.15) is 16.8 Å². The van der Waals surface area contributed by atoms with Gasteiger partial charge in [0.25, 0.3) is 20.2 Å². The highest BCUT2D eigenvalue weighted by atomic mass is 32.2. The molecule has 10 nitrogen and oxygen atoms in total. The van der Waals surface area contributed by atoms with E-state index >= 15 is 0 Å². The molecule has 4 unspecified atom stereocenters. The van der Waals surface area contributed by atoms with Gasteiger partial charge in [0.1, 0.15) is 10.5 Å². The minimum Gasteiger partial charge on any atom is -0.396 e. The van der Waals surface area contributed by atoms with E-state index in [4.69, 9.17) is 9.66 Å². The summed E-state index contributed by atoms with van der Waals surface area (Å²) in [4.78, 5) is 0. The summed E-state index contributed by atoms with van der Waals surface area (Å²) in [5, 5.41) is 35.2. The van der Waals surface area contributed by atoms with Crippen molar-refractivity contribution < 1.29 is 46.4 Å². The lowest BCUT2D eigenvalue weighted by Crippen LogP contribution is -2.51. The fourth-order valence-electron chi connectivity index (χ4n) is 2.45. The van der Waals surface area contributed by atoms with Gasteiger partial charge in [-0.1, -0.05) is 0 Å². The van der Waals surface area contributed by atoms with E-state index in [-0.39, 0.29) is 0 Å². The minimum absolute atomic E-state index is 0.544. The average molecular weight is 394 g/mol. The Morgan fingerprint density at radius 1 is 0.917 bits per heavy atom. The summed E-state index contributed by atoms with van der Waals surface area (Å²) >= 11 is 0. The largest absolute Gasteiger partial charge is 0.396 e. The average Bonchev–Trinajstić information content (AvgIpc) is 2.28. The summed E-state index contributed by atoms with van der Waals surface area (Å²) in [6.07, 6.45) is -3.91. The lowest BCUT2D eigenvalue weighted by molar-refractivity contribution is -0.0254. The molecule has 12 heteroatoms. The van der Waals surface area contributed by atoms with Crippen molar-refractivity contribution in [2.45, 2.75) is 67.8 Å². The van der Waals surface area contributed by atoms with Crippen molar-refractivity contribution in [3.63, 3.8) is 0 Å². The Bertz CT molecular complexity index is 602. The Hall–Kier alpha value is -0.340. The van der Waals surface area contributed by atoms with Crippen LogP contribution in [0.15, 0.2) is 0 Å². The van der Waals surface area contributed by atoms with E-state index in [2.05, 4.69) is 0 Å². The van der Waals surface area contributed by atoms with Crippen LogP contribution in [0.3, 0.4) is 0 Å². The van der Waals surface area contributed by atoms with Crippen LogP contribution in [0.25, 0.3) is 0 Å². The van der Waals surface area contributed by atoms with E-state index in [9.17, 15) is 36.7 Å². The van der Waals surface area contributed by atoms with E-state index in [0.717, 1.165) is 6.92 Å². The molecule has 146 valence electrons. The Kier molecular flexibility index (Phi) is 7.80. The predicted molar refractivity (Wildman–Crippen MR) is 84.5 cm³/mol. The molecule has 0 aromatic heterocycles. The van der Waals surface area contributed by atoms with Gasteiger partial charge in [-0.05, 0) is 33.6 Å². The molecule has 0 saturated heterocycles. The van der Waals surface area contributed by atoms with Crippen LogP contribution in [0.1, 0.15) is 40.0 Å². The summed E-state index contributed by atoms with van der Waals surface area (Å²) in [7, 11) is -9.63.